The minimum atomic E-state index is -0.941. The van der Waals surface area contributed by atoms with Crippen LogP contribution >= 0.6 is 0 Å². The van der Waals surface area contributed by atoms with E-state index in [0.29, 0.717) is 22.3 Å². The van der Waals surface area contributed by atoms with Gasteiger partial charge in [0.25, 0.3) is 5.91 Å². The summed E-state index contributed by atoms with van der Waals surface area (Å²) in [5.41, 5.74) is 2.54. The molecule has 112 valence electrons. The van der Waals surface area contributed by atoms with Gasteiger partial charge in [0.15, 0.2) is 5.65 Å². The first-order valence-electron chi connectivity index (χ1n) is 6.63. The molecule has 2 heterocycles. The molecule has 21 heavy (non-hydrogen) atoms. The maximum absolute atomic E-state index is 12.3. The molecular weight excluding hydrogens is 272 g/mol. The quantitative estimate of drug-likeness (QED) is 0.876. The highest BCUT2D eigenvalue weighted by atomic mass is 16.4. The number of pyridine rings is 1. The molecule has 0 aromatic carbocycles. The molecular formula is C14H18N4O3. The third-order valence-electron chi connectivity index (χ3n) is 3.33. The van der Waals surface area contributed by atoms with Gasteiger partial charge in [-0.15, -0.1) is 0 Å². The third kappa shape index (κ3) is 2.86. The number of amides is 1. The topological polar surface area (TPSA) is 97.1 Å². The van der Waals surface area contributed by atoms with Crippen LogP contribution in [0.4, 0.5) is 0 Å². The van der Waals surface area contributed by atoms with Crippen molar-refractivity contribution in [2.75, 3.05) is 6.54 Å². The van der Waals surface area contributed by atoms with Gasteiger partial charge in [-0.25, -0.2) is 4.98 Å². The van der Waals surface area contributed by atoms with E-state index < -0.39 is 11.9 Å². The van der Waals surface area contributed by atoms with Crippen molar-refractivity contribution in [1.82, 2.24) is 20.1 Å². The molecule has 0 bridgehead atoms. The second-order valence-electron chi connectivity index (χ2n) is 5.17. The molecule has 0 saturated carbocycles. The Labute approximate surface area is 122 Å². The zero-order valence-electron chi connectivity index (χ0n) is 12.5. The normalized spacial score (nSPS) is 12.4. The molecule has 1 amide bonds. The number of aromatic nitrogens is 3. The van der Waals surface area contributed by atoms with E-state index in [1.165, 1.54) is 0 Å². The van der Waals surface area contributed by atoms with Crippen molar-refractivity contribution in [3.8, 4) is 0 Å². The summed E-state index contributed by atoms with van der Waals surface area (Å²) in [6.07, 6.45) is 0. The molecule has 0 aliphatic heterocycles. The number of aryl methyl sites for hydroxylation is 3. The van der Waals surface area contributed by atoms with E-state index in [2.05, 4.69) is 15.4 Å². The zero-order valence-corrected chi connectivity index (χ0v) is 12.5. The lowest BCUT2D eigenvalue weighted by atomic mass is 10.1. The van der Waals surface area contributed by atoms with Crippen LogP contribution in [0.5, 0.6) is 0 Å². The minimum Gasteiger partial charge on any atom is -0.481 e. The van der Waals surface area contributed by atoms with Crippen LogP contribution in [0.2, 0.25) is 0 Å². The van der Waals surface area contributed by atoms with E-state index in [9.17, 15) is 9.59 Å². The molecule has 1 unspecified atom stereocenters. The molecule has 0 spiro atoms. The van der Waals surface area contributed by atoms with E-state index in [4.69, 9.17) is 5.11 Å². The summed E-state index contributed by atoms with van der Waals surface area (Å²) in [6.45, 7) is 5.25. The molecule has 0 aliphatic rings. The van der Waals surface area contributed by atoms with Gasteiger partial charge in [0.1, 0.15) is 0 Å². The first-order valence-corrected chi connectivity index (χ1v) is 6.63. The van der Waals surface area contributed by atoms with Crippen molar-refractivity contribution in [2.24, 2.45) is 13.0 Å². The van der Waals surface area contributed by atoms with Crippen molar-refractivity contribution >= 4 is 22.9 Å². The Balaban J connectivity index is 2.37. The maximum atomic E-state index is 12.3. The van der Waals surface area contributed by atoms with Gasteiger partial charge in [-0.3, -0.25) is 14.3 Å². The van der Waals surface area contributed by atoms with Crippen molar-refractivity contribution in [3.63, 3.8) is 0 Å². The summed E-state index contributed by atoms with van der Waals surface area (Å²) >= 11 is 0. The SMILES string of the molecule is Cc1cc(C(=O)NCC(C)C(=O)O)c2c(C)nn(C)c2n1. The average Bonchev–Trinajstić information content (AvgIpc) is 2.69. The summed E-state index contributed by atoms with van der Waals surface area (Å²) in [4.78, 5) is 27.5. The van der Waals surface area contributed by atoms with Gasteiger partial charge in [0.05, 0.1) is 22.6 Å². The van der Waals surface area contributed by atoms with Crippen LogP contribution < -0.4 is 5.32 Å². The van der Waals surface area contributed by atoms with Gasteiger partial charge < -0.3 is 10.4 Å². The summed E-state index contributed by atoms with van der Waals surface area (Å²) < 4.78 is 1.63. The molecule has 1 atom stereocenters. The lowest BCUT2D eigenvalue weighted by molar-refractivity contribution is -0.140. The highest BCUT2D eigenvalue weighted by molar-refractivity contribution is 6.06. The third-order valence-corrected chi connectivity index (χ3v) is 3.33. The van der Waals surface area contributed by atoms with Gasteiger partial charge in [0.2, 0.25) is 0 Å². The van der Waals surface area contributed by atoms with Crippen LogP contribution in [0.1, 0.15) is 28.7 Å². The standard InChI is InChI=1S/C14H18N4O3/c1-7(14(20)21)6-15-13(19)10-5-8(2)16-12-11(10)9(3)17-18(12)4/h5,7H,6H2,1-4H3,(H,15,19)(H,20,21). The van der Waals surface area contributed by atoms with Crippen molar-refractivity contribution in [3.05, 3.63) is 23.0 Å². The smallest absolute Gasteiger partial charge is 0.308 e. The van der Waals surface area contributed by atoms with Crippen molar-refractivity contribution < 1.29 is 14.7 Å². The number of hydrogen-bond donors (Lipinski definition) is 2. The Hall–Kier alpha value is -2.44. The van der Waals surface area contributed by atoms with E-state index in [1.807, 2.05) is 6.92 Å². The molecule has 0 fully saturated rings. The van der Waals surface area contributed by atoms with E-state index in [0.717, 1.165) is 5.69 Å². The number of nitrogens with one attached hydrogen (secondary N) is 1. The second-order valence-corrected chi connectivity index (χ2v) is 5.17. The zero-order chi connectivity index (χ0) is 15.7. The summed E-state index contributed by atoms with van der Waals surface area (Å²) in [5, 5.41) is 16.5. The molecule has 0 aliphatic carbocycles. The number of rotatable bonds is 4. The average molecular weight is 290 g/mol. The number of aliphatic carboxylic acids is 1. The Morgan fingerprint density at radius 2 is 2.10 bits per heavy atom. The highest BCUT2D eigenvalue weighted by Crippen LogP contribution is 2.21. The Morgan fingerprint density at radius 1 is 1.43 bits per heavy atom. The highest BCUT2D eigenvalue weighted by Gasteiger charge is 2.19. The number of nitrogens with zero attached hydrogens (tertiary/aromatic N) is 3. The number of fused-ring (bicyclic) bond motifs is 1. The fourth-order valence-corrected chi connectivity index (χ4v) is 2.18. The number of carboxylic acid groups (broad SMARTS) is 1. The summed E-state index contributed by atoms with van der Waals surface area (Å²) in [5.74, 6) is -1.89. The Bertz CT molecular complexity index is 721. The van der Waals surface area contributed by atoms with E-state index in [-0.39, 0.29) is 12.5 Å². The monoisotopic (exact) mass is 290 g/mol. The van der Waals surface area contributed by atoms with Crippen LogP contribution in [0.25, 0.3) is 11.0 Å². The molecule has 2 aromatic heterocycles. The molecule has 2 aromatic rings. The molecule has 0 saturated heterocycles. The predicted molar refractivity (Wildman–Crippen MR) is 77.1 cm³/mol. The summed E-state index contributed by atoms with van der Waals surface area (Å²) in [6, 6.07) is 1.69. The van der Waals surface area contributed by atoms with Crippen molar-refractivity contribution in [2.45, 2.75) is 20.8 Å². The Morgan fingerprint density at radius 3 is 2.71 bits per heavy atom. The predicted octanol–water partition coefficient (Wildman–Crippen LogP) is 1.04. The van der Waals surface area contributed by atoms with E-state index in [1.54, 1.807) is 31.6 Å². The largest absolute Gasteiger partial charge is 0.481 e. The van der Waals surface area contributed by atoms with Crippen molar-refractivity contribution in [1.29, 1.82) is 0 Å². The first-order chi connectivity index (χ1) is 9.81. The fourth-order valence-electron chi connectivity index (χ4n) is 2.18. The van der Waals surface area contributed by atoms with Gasteiger partial charge in [-0.1, -0.05) is 6.92 Å². The van der Waals surface area contributed by atoms with Crippen LogP contribution in [0.3, 0.4) is 0 Å². The van der Waals surface area contributed by atoms with Gasteiger partial charge in [0, 0.05) is 19.3 Å². The maximum Gasteiger partial charge on any atom is 0.308 e. The molecule has 2 N–H and O–H groups in total. The number of carboxylic acids is 1. The van der Waals surface area contributed by atoms with Crippen LogP contribution in [0.15, 0.2) is 6.07 Å². The molecule has 7 heteroatoms. The Kier molecular flexibility index (Phi) is 3.93. The van der Waals surface area contributed by atoms with Crippen LogP contribution in [-0.4, -0.2) is 38.3 Å². The fraction of sp³-hybridized carbons (Fsp3) is 0.429. The van der Waals surface area contributed by atoms with Gasteiger partial charge >= 0.3 is 5.97 Å². The molecule has 0 radical (unpaired) electrons. The van der Waals surface area contributed by atoms with Gasteiger partial charge in [-0.05, 0) is 19.9 Å². The van der Waals surface area contributed by atoms with E-state index >= 15 is 0 Å². The second kappa shape index (κ2) is 5.51. The van der Waals surface area contributed by atoms with Crippen LogP contribution in [-0.2, 0) is 11.8 Å². The number of carbonyl (C=O) groups excluding carboxylic acids is 1. The summed E-state index contributed by atoms with van der Waals surface area (Å²) in [7, 11) is 1.77. The number of carbonyl (C=O) groups is 2. The minimum absolute atomic E-state index is 0.0797. The molecule has 2 rings (SSSR count). The first kappa shape index (κ1) is 15.0. The van der Waals surface area contributed by atoms with Crippen LogP contribution in [0, 0.1) is 19.8 Å². The number of hydrogen-bond acceptors (Lipinski definition) is 4. The lowest BCUT2D eigenvalue weighted by Gasteiger charge is -2.10. The molecule has 7 nitrogen and oxygen atoms in total. The van der Waals surface area contributed by atoms with Gasteiger partial charge in [-0.2, -0.15) is 5.10 Å². The lowest BCUT2D eigenvalue weighted by Crippen LogP contribution is -2.31.